The summed E-state index contributed by atoms with van der Waals surface area (Å²) < 4.78 is 0. The van der Waals surface area contributed by atoms with Crippen LogP contribution >= 0.6 is 0 Å². The van der Waals surface area contributed by atoms with Crippen molar-refractivity contribution in [2.24, 2.45) is 0 Å². The summed E-state index contributed by atoms with van der Waals surface area (Å²) in [5.41, 5.74) is 0. The molecule has 0 spiro atoms. The van der Waals surface area contributed by atoms with Gasteiger partial charge in [-0.3, -0.25) is 0 Å². The van der Waals surface area contributed by atoms with Crippen molar-refractivity contribution in [3.05, 3.63) is 0 Å². The third kappa shape index (κ3) is 2.84. The summed E-state index contributed by atoms with van der Waals surface area (Å²) in [7, 11) is 0. The van der Waals surface area contributed by atoms with Crippen molar-refractivity contribution in [2.75, 3.05) is 13.1 Å². The van der Waals surface area contributed by atoms with Gasteiger partial charge in [0.05, 0.1) is 6.10 Å². The highest BCUT2D eigenvalue weighted by atomic mass is 16.3. The van der Waals surface area contributed by atoms with Gasteiger partial charge in [0.15, 0.2) is 0 Å². The largest absolute Gasteiger partial charge is 0.393 e. The minimum atomic E-state index is -0.208. The van der Waals surface area contributed by atoms with Gasteiger partial charge in [0, 0.05) is 19.1 Å². The van der Waals surface area contributed by atoms with Crippen LogP contribution in [0.15, 0.2) is 0 Å². The molecule has 0 aromatic carbocycles. The number of likely N-dealkylation sites (tertiary alicyclic amines) is 1. The number of piperidine rings is 1. The number of amides is 2. The Kier molecular flexibility index (Phi) is 3.46. The second-order valence-corrected chi connectivity index (χ2v) is 4.65. The second-order valence-electron chi connectivity index (χ2n) is 4.65. The van der Waals surface area contributed by atoms with Crippen molar-refractivity contribution in [1.29, 1.82) is 0 Å². The Morgan fingerprint density at radius 2 is 1.73 bits per heavy atom. The average Bonchev–Trinajstić information content (AvgIpc) is 2.71. The first-order chi connectivity index (χ1) is 7.25. The molecule has 0 radical (unpaired) electrons. The van der Waals surface area contributed by atoms with E-state index in [1.54, 1.807) is 0 Å². The molecule has 4 heteroatoms. The van der Waals surface area contributed by atoms with Gasteiger partial charge in [-0.15, -0.1) is 0 Å². The molecule has 0 aromatic rings. The lowest BCUT2D eigenvalue weighted by Gasteiger charge is -2.30. The van der Waals surface area contributed by atoms with E-state index in [1.807, 2.05) is 4.90 Å². The molecule has 2 fully saturated rings. The Hall–Kier alpha value is -0.770. The van der Waals surface area contributed by atoms with Crippen LogP contribution in [-0.2, 0) is 0 Å². The summed E-state index contributed by atoms with van der Waals surface area (Å²) in [6.07, 6.45) is 5.97. The van der Waals surface area contributed by atoms with Gasteiger partial charge in [-0.2, -0.15) is 0 Å². The zero-order valence-electron chi connectivity index (χ0n) is 9.11. The van der Waals surface area contributed by atoms with Gasteiger partial charge >= 0.3 is 6.03 Å². The normalized spacial score (nSPS) is 24.5. The topological polar surface area (TPSA) is 52.6 Å². The molecule has 0 bridgehead atoms. The molecule has 2 aliphatic rings. The summed E-state index contributed by atoms with van der Waals surface area (Å²) in [6.45, 7) is 1.39. The molecule has 4 nitrogen and oxygen atoms in total. The first-order valence-electron chi connectivity index (χ1n) is 5.99. The predicted molar refractivity (Wildman–Crippen MR) is 57.6 cm³/mol. The van der Waals surface area contributed by atoms with Crippen LogP contribution in [0.1, 0.15) is 38.5 Å². The van der Waals surface area contributed by atoms with E-state index >= 15 is 0 Å². The maximum atomic E-state index is 11.8. The molecular weight excluding hydrogens is 192 g/mol. The monoisotopic (exact) mass is 212 g/mol. The number of hydrogen-bond donors (Lipinski definition) is 2. The number of urea groups is 1. The second kappa shape index (κ2) is 4.84. The molecule has 2 amide bonds. The highest BCUT2D eigenvalue weighted by Crippen LogP contribution is 2.18. The molecule has 0 unspecified atom stereocenters. The maximum absolute atomic E-state index is 11.8. The van der Waals surface area contributed by atoms with Gasteiger partial charge in [0.25, 0.3) is 0 Å². The van der Waals surface area contributed by atoms with Crippen LogP contribution in [-0.4, -0.2) is 41.3 Å². The first kappa shape index (κ1) is 10.7. The highest BCUT2D eigenvalue weighted by molar-refractivity contribution is 5.74. The fourth-order valence-corrected chi connectivity index (χ4v) is 2.41. The molecule has 1 saturated heterocycles. The molecule has 86 valence electrons. The van der Waals surface area contributed by atoms with E-state index in [0.29, 0.717) is 19.1 Å². The number of nitrogens with zero attached hydrogens (tertiary/aromatic N) is 1. The lowest BCUT2D eigenvalue weighted by atomic mass is 10.1. The third-order valence-corrected chi connectivity index (χ3v) is 3.43. The van der Waals surface area contributed by atoms with Gasteiger partial charge in [-0.25, -0.2) is 4.79 Å². The van der Waals surface area contributed by atoms with Crippen molar-refractivity contribution in [1.82, 2.24) is 10.2 Å². The number of aliphatic hydroxyl groups is 1. The summed E-state index contributed by atoms with van der Waals surface area (Å²) in [5.74, 6) is 0. The molecule has 1 saturated carbocycles. The van der Waals surface area contributed by atoms with E-state index in [-0.39, 0.29) is 12.1 Å². The van der Waals surface area contributed by atoms with Gasteiger partial charge < -0.3 is 15.3 Å². The smallest absolute Gasteiger partial charge is 0.317 e. The van der Waals surface area contributed by atoms with Gasteiger partial charge in [-0.05, 0) is 25.7 Å². The standard InChI is InChI=1S/C11H20N2O2/c14-10-5-7-13(8-6-10)11(15)12-9-3-1-2-4-9/h9-10,14H,1-8H2,(H,12,15). The number of carbonyl (C=O) groups is 1. The van der Waals surface area contributed by atoms with E-state index in [0.717, 1.165) is 25.7 Å². The number of carbonyl (C=O) groups excluding carboxylic acids is 1. The fraction of sp³-hybridized carbons (Fsp3) is 0.909. The van der Waals surface area contributed by atoms with Crippen molar-refractivity contribution in [3.8, 4) is 0 Å². The van der Waals surface area contributed by atoms with Crippen LogP contribution in [0.3, 0.4) is 0 Å². The molecule has 2 N–H and O–H groups in total. The zero-order chi connectivity index (χ0) is 10.7. The van der Waals surface area contributed by atoms with E-state index in [9.17, 15) is 9.90 Å². The predicted octanol–water partition coefficient (Wildman–Crippen LogP) is 1.10. The lowest BCUT2D eigenvalue weighted by molar-refractivity contribution is 0.0929. The molecule has 0 atom stereocenters. The van der Waals surface area contributed by atoms with Crippen LogP contribution in [0.5, 0.6) is 0 Å². The lowest BCUT2D eigenvalue weighted by Crippen LogP contribution is -2.48. The number of hydrogen-bond acceptors (Lipinski definition) is 2. The van der Waals surface area contributed by atoms with E-state index in [2.05, 4.69) is 5.32 Å². The number of rotatable bonds is 1. The van der Waals surface area contributed by atoms with Crippen LogP contribution in [0.4, 0.5) is 4.79 Å². The zero-order valence-corrected chi connectivity index (χ0v) is 9.11. The Balaban J connectivity index is 1.75. The van der Waals surface area contributed by atoms with Crippen molar-refractivity contribution in [2.45, 2.75) is 50.7 Å². The molecule has 0 aromatic heterocycles. The Labute approximate surface area is 90.6 Å². The molecule has 1 aliphatic heterocycles. The molecule has 2 rings (SSSR count). The van der Waals surface area contributed by atoms with E-state index in [1.165, 1.54) is 12.8 Å². The Morgan fingerprint density at radius 3 is 2.33 bits per heavy atom. The van der Waals surface area contributed by atoms with Crippen LogP contribution in [0, 0.1) is 0 Å². The molecule has 1 aliphatic carbocycles. The van der Waals surface area contributed by atoms with Crippen molar-refractivity contribution < 1.29 is 9.90 Å². The SMILES string of the molecule is O=C(NC1CCCC1)N1CCC(O)CC1. The van der Waals surface area contributed by atoms with Crippen LogP contribution in [0.25, 0.3) is 0 Å². The molecule has 15 heavy (non-hydrogen) atoms. The van der Waals surface area contributed by atoms with Crippen molar-refractivity contribution >= 4 is 6.03 Å². The summed E-state index contributed by atoms with van der Waals surface area (Å²) in [6, 6.07) is 0.457. The Bertz CT molecular complexity index is 219. The average molecular weight is 212 g/mol. The summed E-state index contributed by atoms with van der Waals surface area (Å²) in [5, 5.41) is 12.4. The summed E-state index contributed by atoms with van der Waals surface area (Å²) >= 11 is 0. The molecule has 1 heterocycles. The maximum Gasteiger partial charge on any atom is 0.317 e. The van der Waals surface area contributed by atoms with Crippen molar-refractivity contribution in [3.63, 3.8) is 0 Å². The van der Waals surface area contributed by atoms with Gasteiger partial charge in [0.2, 0.25) is 0 Å². The Morgan fingerprint density at radius 1 is 1.13 bits per heavy atom. The third-order valence-electron chi connectivity index (χ3n) is 3.43. The van der Waals surface area contributed by atoms with E-state index in [4.69, 9.17) is 0 Å². The van der Waals surface area contributed by atoms with Gasteiger partial charge in [0.1, 0.15) is 0 Å². The first-order valence-corrected chi connectivity index (χ1v) is 5.99. The minimum absolute atomic E-state index is 0.0637. The van der Waals surface area contributed by atoms with Crippen LogP contribution < -0.4 is 5.32 Å². The number of nitrogens with one attached hydrogen (secondary N) is 1. The summed E-state index contributed by atoms with van der Waals surface area (Å²) in [4.78, 5) is 13.6. The minimum Gasteiger partial charge on any atom is -0.393 e. The van der Waals surface area contributed by atoms with E-state index < -0.39 is 0 Å². The van der Waals surface area contributed by atoms with Crippen LogP contribution in [0.2, 0.25) is 0 Å². The van der Waals surface area contributed by atoms with Gasteiger partial charge in [-0.1, -0.05) is 12.8 Å². The highest BCUT2D eigenvalue weighted by Gasteiger charge is 2.24. The quantitative estimate of drug-likeness (QED) is 0.683. The molecular formula is C11H20N2O2. The fourth-order valence-electron chi connectivity index (χ4n) is 2.41. The number of aliphatic hydroxyl groups excluding tert-OH is 1.